The Kier molecular flexibility index (Phi) is 18.5. The molecule has 1 aliphatic rings. The van der Waals surface area contributed by atoms with E-state index >= 15 is 0 Å². The maximum absolute atomic E-state index is 12.3. The van der Waals surface area contributed by atoms with Gasteiger partial charge in [0.2, 0.25) is 0 Å². The number of amides is 1. The molecule has 9 atom stereocenters. The standard InChI is InChI=1S/C26H51NO11/c1-2-3-4-5-6-7-8-9-10-11-12-13-14-27-25(36)22(34)21(33)24(17(30)15-28)38-26-23(35)20(32)19(31)18(16-29)37-26/h17-24,26,28-35H,2-16H2,1H3,(H,27,36)/t17-,18-,19+,20+,21-,22-,23-,24?,26+/m1/s1. The van der Waals surface area contributed by atoms with Gasteiger partial charge >= 0.3 is 0 Å². The van der Waals surface area contributed by atoms with Crippen molar-refractivity contribution in [2.45, 2.75) is 139 Å². The minimum absolute atomic E-state index is 0.279. The Morgan fingerprint density at radius 2 is 1.34 bits per heavy atom. The Morgan fingerprint density at radius 3 is 1.84 bits per heavy atom. The number of unbranched alkanes of at least 4 members (excludes halogenated alkanes) is 11. The molecule has 0 aliphatic carbocycles. The van der Waals surface area contributed by atoms with E-state index < -0.39 is 74.2 Å². The molecule has 0 saturated carbocycles. The van der Waals surface area contributed by atoms with Crippen LogP contribution in [0.1, 0.15) is 84.0 Å². The number of carbonyl (C=O) groups excluding carboxylic acids is 1. The number of hydrogen-bond acceptors (Lipinski definition) is 11. The summed E-state index contributed by atoms with van der Waals surface area (Å²) in [5.74, 6) is -0.909. The lowest BCUT2D eigenvalue weighted by Crippen LogP contribution is -2.62. The van der Waals surface area contributed by atoms with Crippen LogP contribution in [0.15, 0.2) is 0 Å². The summed E-state index contributed by atoms with van der Waals surface area (Å²) in [5, 5.41) is 82.0. The molecule has 0 radical (unpaired) electrons. The average molecular weight is 554 g/mol. The first-order chi connectivity index (χ1) is 18.2. The third-order valence-corrected chi connectivity index (χ3v) is 6.96. The summed E-state index contributed by atoms with van der Waals surface area (Å²) < 4.78 is 10.5. The van der Waals surface area contributed by atoms with Crippen molar-refractivity contribution in [2.75, 3.05) is 19.8 Å². The number of aliphatic hydroxyl groups is 8. The maximum atomic E-state index is 12.3. The number of aliphatic hydroxyl groups excluding tert-OH is 8. The summed E-state index contributed by atoms with van der Waals surface area (Å²) in [5.41, 5.74) is 0. The number of ether oxygens (including phenoxy) is 2. The number of rotatable bonds is 21. The van der Waals surface area contributed by atoms with E-state index in [4.69, 9.17) is 9.47 Å². The Balaban J connectivity index is 2.40. The van der Waals surface area contributed by atoms with E-state index in [0.717, 1.165) is 19.3 Å². The molecule has 9 N–H and O–H groups in total. The van der Waals surface area contributed by atoms with Crippen molar-refractivity contribution in [1.82, 2.24) is 5.32 Å². The van der Waals surface area contributed by atoms with Gasteiger partial charge < -0.3 is 55.6 Å². The largest absolute Gasteiger partial charge is 0.394 e. The molecule has 0 aromatic carbocycles. The highest BCUT2D eigenvalue weighted by Gasteiger charge is 2.47. The fourth-order valence-corrected chi connectivity index (χ4v) is 4.45. The van der Waals surface area contributed by atoms with Gasteiger partial charge in [-0.15, -0.1) is 0 Å². The second-order valence-corrected chi connectivity index (χ2v) is 10.2. The van der Waals surface area contributed by atoms with Crippen molar-refractivity contribution in [1.29, 1.82) is 0 Å². The van der Waals surface area contributed by atoms with Crippen LogP contribution in [0.3, 0.4) is 0 Å². The Bertz CT molecular complexity index is 612. The molecule has 0 bridgehead atoms. The molecule has 1 saturated heterocycles. The molecular formula is C26H51NO11. The second kappa shape index (κ2) is 20.0. The van der Waals surface area contributed by atoms with Gasteiger partial charge in [-0.3, -0.25) is 4.79 Å². The summed E-state index contributed by atoms with van der Waals surface area (Å²) in [6.07, 6.45) is -2.07. The molecule has 1 unspecified atom stereocenters. The summed E-state index contributed by atoms with van der Waals surface area (Å²) in [4.78, 5) is 12.3. The summed E-state index contributed by atoms with van der Waals surface area (Å²) in [6, 6.07) is 0. The van der Waals surface area contributed by atoms with E-state index in [2.05, 4.69) is 12.2 Å². The van der Waals surface area contributed by atoms with Gasteiger partial charge in [0.25, 0.3) is 5.91 Å². The minimum Gasteiger partial charge on any atom is -0.394 e. The van der Waals surface area contributed by atoms with Crippen LogP contribution < -0.4 is 5.32 Å². The van der Waals surface area contributed by atoms with Gasteiger partial charge in [-0.1, -0.05) is 77.6 Å². The fraction of sp³-hybridized carbons (Fsp3) is 0.962. The zero-order chi connectivity index (χ0) is 28.5. The lowest BCUT2D eigenvalue weighted by Gasteiger charge is -2.42. The Hall–Kier alpha value is -0.930. The molecule has 1 rings (SSSR count). The van der Waals surface area contributed by atoms with Gasteiger partial charge in [0.15, 0.2) is 12.4 Å². The van der Waals surface area contributed by atoms with E-state index in [-0.39, 0.29) is 6.54 Å². The van der Waals surface area contributed by atoms with Crippen LogP contribution in [0.2, 0.25) is 0 Å². The molecule has 1 amide bonds. The number of nitrogens with one attached hydrogen (secondary N) is 1. The molecule has 0 aromatic heterocycles. The predicted octanol–water partition coefficient (Wildman–Crippen LogP) is -0.936. The van der Waals surface area contributed by atoms with Crippen molar-refractivity contribution in [3.63, 3.8) is 0 Å². The zero-order valence-electron chi connectivity index (χ0n) is 22.6. The number of carbonyl (C=O) groups is 1. The van der Waals surface area contributed by atoms with Gasteiger partial charge in [0.1, 0.15) is 42.7 Å². The highest BCUT2D eigenvalue weighted by molar-refractivity contribution is 5.81. The van der Waals surface area contributed by atoms with Crippen molar-refractivity contribution < 1.29 is 55.1 Å². The van der Waals surface area contributed by atoms with E-state index in [1.165, 1.54) is 51.4 Å². The average Bonchev–Trinajstić information content (AvgIpc) is 2.92. The van der Waals surface area contributed by atoms with Gasteiger partial charge in [-0.2, -0.15) is 0 Å². The van der Waals surface area contributed by atoms with E-state index in [1.54, 1.807) is 0 Å². The van der Waals surface area contributed by atoms with Crippen LogP contribution in [0.5, 0.6) is 0 Å². The van der Waals surface area contributed by atoms with Crippen LogP contribution >= 0.6 is 0 Å². The zero-order valence-corrected chi connectivity index (χ0v) is 22.6. The quantitative estimate of drug-likeness (QED) is 0.0792. The van der Waals surface area contributed by atoms with E-state index in [1.807, 2.05) is 0 Å². The topological polar surface area (TPSA) is 209 Å². The van der Waals surface area contributed by atoms with Gasteiger partial charge in [0.05, 0.1) is 13.2 Å². The smallest absolute Gasteiger partial charge is 0.251 e. The minimum atomic E-state index is -2.04. The SMILES string of the molecule is CCCCCCCCCCCCCCNC(=O)[C@H](O)[C@@H](O)C(O[C@@H]1O[C@H](CO)[C@H](O)[C@H](O)[C@H]1O)[C@H](O)CO. The van der Waals surface area contributed by atoms with Crippen molar-refractivity contribution in [3.05, 3.63) is 0 Å². The van der Waals surface area contributed by atoms with Gasteiger partial charge in [0, 0.05) is 6.54 Å². The summed E-state index contributed by atoms with van der Waals surface area (Å²) >= 11 is 0. The van der Waals surface area contributed by atoms with Crippen LogP contribution in [0.25, 0.3) is 0 Å². The second-order valence-electron chi connectivity index (χ2n) is 10.2. The summed E-state index contributed by atoms with van der Waals surface area (Å²) in [6.45, 7) is 0.834. The Morgan fingerprint density at radius 1 is 0.816 bits per heavy atom. The first kappa shape index (κ1) is 35.1. The highest BCUT2D eigenvalue weighted by atomic mass is 16.7. The van der Waals surface area contributed by atoms with Crippen molar-refractivity contribution in [2.24, 2.45) is 0 Å². The Labute approximate surface area is 225 Å². The van der Waals surface area contributed by atoms with E-state index in [0.29, 0.717) is 6.42 Å². The third-order valence-electron chi connectivity index (χ3n) is 6.96. The molecule has 12 heteroatoms. The molecule has 12 nitrogen and oxygen atoms in total. The summed E-state index contributed by atoms with van der Waals surface area (Å²) in [7, 11) is 0. The molecule has 38 heavy (non-hydrogen) atoms. The third kappa shape index (κ3) is 12.1. The van der Waals surface area contributed by atoms with Crippen LogP contribution in [-0.2, 0) is 14.3 Å². The maximum Gasteiger partial charge on any atom is 0.251 e. The van der Waals surface area contributed by atoms with Crippen molar-refractivity contribution >= 4 is 5.91 Å². The lowest BCUT2D eigenvalue weighted by atomic mass is 9.98. The molecule has 226 valence electrons. The van der Waals surface area contributed by atoms with Crippen LogP contribution in [-0.4, -0.2) is 122 Å². The normalized spacial score (nSPS) is 27.0. The first-order valence-corrected chi connectivity index (χ1v) is 14.1. The van der Waals surface area contributed by atoms with Gasteiger partial charge in [-0.05, 0) is 6.42 Å². The monoisotopic (exact) mass is 553 g/mol. The van der Waals surface area contributed by atoms with Crippen LogP contribution in [0.4, 0.5) is 0 Å². The lowest BCUT2D eigenvalue weighted by molar-refractivity contribution is -0.326. The highest BCUT2D eigenvalue weighted by Crippen LogP contribution is 2.25. The first-order valence-electron chi connectivity index (χ1n) is 14.1. The fourth-order valence-electron chi connectivity index (χ4n) is 4.45. The molecular weight excluding hydrogens is 502 g/mol. The molecule has 0 aromatic rings. The molecule has 1 fully saturated rings. The van der Waals surface area contributed by atoms with Gasteiger partial charge in [-0.25, -0.2) is 0 Å². The van der Waals surface area contributed by atoms with Crippen LogP contribution in [0, 0.1) is 0 Å². The van der Waals surface area contributed by atoms with Crippen molar-refractivity contribution in [3.8, 4) is 0 Å². The molecule has 0 spiro atoms. The molecule has 1 aliphatic heterocycles. The predicted molar refractivity (Wildman–Crippen MR) is 138 cm³/mol. The molecule has 1 heterocycles. The number of hydrogen-bond donors (Lipinski definition) is 9. The van der Waals surface area contributed by atoms with E-state index in [9.17, 15) is 45.6 Å².